The van der Waals surface area contributed by atoms with Gasteiger partial charge in [0.15, 0.2) is 0 Å². The number of likely N-dealkylation sites (tertiary alicyclic amines) is 1. The van der Waals surface area contributed by atoms with Gasteiger partial charge in [-0.05, 0) is 45.4 Å². The molecule has 0 radical (unpaired) electrons. The van der Waals surface area contributed by atoms with Crippen LogP contribution in [0.1, 0.15) is 50.0 Å². The van der Waals surface area contributed by atoms with E-state index < -0.39 is 0 Å². The Hall–Kier alpha value is -1.62. The van der Waals surface area contributed by atoms with Crippen LogP contribution < -0.4 is 0 Å². The van der Waals surface area contributed by atoms with Gasteiger partial charge in [-0.15, -0.1) is 0 Å². The molecule has 3 heterocycles. The number of nitrogens with zero attached hydrogens (tertiary/aromatic N) is 4. The minimum atomic E-state index is 0.424. The molecule has 0 saturated carbocycles. The average molecular weight is 273 g/mol. The van der Waals surface area contributed by atoms with Gasteiger partial charge in [0.2, 0.25) is 0 Å². The van der Waals surface area contributed by atoms with Crippen LogP contribution in [0, 0.1) is 0 Å². The van der Waals surface area contributed by atoms with Gasteiger partial charge >= 0.3 is 0 Å². The Labute approximate surface area is 120 Å². The van der Waals surface area contributed by atoms with Crippen LogP contribution >= 0.6 is 0 Å². The maximum Gasteiger partial charge on any atom is 0.0527 e. The molecule has 1 fully saturated rings. The standard InChI is InChI=1S/C15H23N5/c1-12(2)20-14(5-8-17-20)11-19-9-3-4-13(10-19)15-6-7-16-18-15/h5-8,12-13H,3-4,9-11H2,1-2H3,(H,16,18)/t13-/m0/s1. The number of rotatable bonds is 4. The third-order valence-corrected chi connectivity index (χ3v) is 4.09. The third kappa shape index (κ3) is 2.77. The molecule has 0 unspecified atom stereocenters. The summed E-state index contributed by atoms with van der Waals surface area (Å²) in [6.45, 7) is 7.63. The second kappa shape index (κ2) is 5.79. The second-order valence-corrected chi connectivity index (χ2v) is 5.95. The summed E-state index contributed by atoms with van der Waals surface area (Å²) in [5.74, 6) is 0.585. The lowest BCUT2D eigenvalue weighted by atomic mass is 9.95. The molecule has 5 nitrogen and oxygen atoms in total. The van der Waals surface area contributed by atoms with Crippen LogP contribution in [0.4, 0.5) is 0 Å². The molecule has 0 spiro atoms. The molecule has 1 N–H and O–H groups in total. The van der Waals surface area contributed by atoms with Crippen molar-refractivity contribution in [2.24, 2.45) is 0 Å². The fourth-order valence-corrected chi connectivity index (χ4v) is 3.11. The minimum absolute atomic E-state index is 0.424. The molecule has 2 aromatic rings. The van der Waals surface area contributed by atoms with Crippen molar-refractivity contribution in [1.29, 1.82) is 0 Å². The van der Waals surface area contributed by atoms with Crippen molar-refractivity contribution in [3.05, 3.63) is 35.9 Å². The highest BCUT2D eigenvalue weighted by atomic mass is 15.3. The Balaban J connectivity index is 1.67. The van der Waals surface area contributed by atoms with Gasteiger partial charge in [0.1, 0.15) is 0 Å². The van der Waals surface area contributed by atoms with Crippen LogP contribution in [0.15, 0.2) is 24.5 Å². The zero-order valence-corrected chi connectivity index (χ0v) is 12.3. The number of piperidine rings is 1. The van der Waals surface area contributed by atoms with E-state index in [0.717, 1.165) is 13.1 Å². The van der Waals surface area contributed by atoms with E-state index in [0.29, 0.717) is 12.0 Å². The average Bonchev–Trinajstić information content (AvgIpc) is 3.10. The molecule has 0 bridgehead atoms. The number of nitrogens with one attached hydrogen (secondary N) is 1. The van der Waals surface area contributed by atoms with Crippen LogP contribution in [0.5, 0.6) is 0 Å². The topological polar surface area (TPSA) is 49.7 Å². The zero-order valence-electron chi connectivity index (χ0n) is 12.3. The van der Waals surface area contributed by atoms with Crippen LogP contribution in [-0.2, 0) is 6.54 Å². The molecular weight excluding hydrogens is 250 g/mol. The summed E-state index contributed by atoms with van der Waals surface area (Å²) in [7, 11) is 0. The van der Waals surface area contributed by atoms with Crippen molar-refractivity contribution in [2.45, 2.75) is 45.2 Å². The van der Waals surface area contributed by atoms with Gasteiger partial charge in [-0.3, -0.25) is 14.7 Å². The Kier molecular flexibility index (Phi) is 3.87. The highest BCUT2D eigenvalue weighted by molar-refractivity contribution is 5.08. The second-order valence-electron chi connectivity index (χ2n) is 5.95. The molecule has 1 saturated heterocycles. The Morgan fingerprint density at radius 1 is 1.35 bits per heavy atom. The van der Waals surface area contributed by atoms with Crippen molar-refractivity contribution in [3.8, 4) is 0 Å². The molecule has 3 rings (SSSR count). The lowest BCUT2D eigenvalue weighted by Crippen LogP contribution is -2.34. The van der Waals surface area contributed by atoms with Gasteiger partial charge < -0.3 is 0 Å². The predicted molar refractivity (Wildman–Crippen MR) is 78.5 cm³/mol. The lowest BCUT2D eigenvalue weighted by Gasteiger charge is -2.32. The quantitative estimate of drug-likeness (QED) is 0.931. The maximum absolute atomic E-state index is 4.42. The zero-order chi connectivity index (χ0) is 13.9. The van der Waals surface area contributed by atoms with Crippen LogP contribution in [0.3, 0.4) is 0 Å². The van der Waals surface area contributed by atoms with Gasteiger partial charge in [-0.1, -0.05) is 0 Å². The van der Waals surface area contributed by atoms with Crippen molar-refractivity contribution in [2.75, 3.05) is 13.1 Å². The molecule has 5 heteroatoms. The fourth-order valence-electron chi connectivity index (χ4n) is 3.11. The van der Waals surface area contributed by atoms with E-state index in [1.807, 2.05) is 12.4 Å². The summed E-state index contributed by atoms with van der Waals surface area (Å²) < 4.78 is 2.12. The normalized spacial score (nSPS) is 20.6. The van der Waals surface area contributed by atoms with Crippen LogP contribution in [0.2, 0.25) is 0 Å². The number of aromatic nitrogens is 4. The molecule has 1 aliphatic heterocycles. The van der Waals surface area contributed by atoms with Crippen molar-refractivity contribution >= 4 is 0 Å². The summed E-state index contributed by atoms with van der Waals surface area (Å²) in [6, 6.07) is 4.67. The summed E-state index contributed by atoms with van der Waals surface area (Å²) in [6.07, 6.45) is 6.26. The SMILES string of the molecule is CC(C)n1nccc1CN1CCC[C@H](c2ccn[nH]2)C1. The molecule has 0 aromatic carbocycles. The minimum Gasteiger partial charge on any atom is -0.297 e. The molecule has 0 aliphatic carbocycles. The van der Waals surface area contributed by atoms with Gasteiger partial charge in [0.25, 0.3) is 0 Å². The first kappa shape index (κ1) is 13.4. The van der Waals surface area contributed by atoms with E-state index in [1.165, 1.54) is 30.8 Å². The maximum atomic E-state index is 4.42. The first-order chi connectivity index (χ1) is 9.74. The Morgan fingerprint density at radius 3 is 3.00 bits per heavy atom. The van der Waals surface area contributed by atoms with Crippen molar-refractivity contribution in [1.82, 2.24) is 24.9 Å². The van der Waals surface area contributed by atoms with Crippen molar-refractivity contribution in [3.63, 3.8) is 0 Å². The molecule has 2 aromatic heterocycles. The van der Waals surface area contributed by atoms with Gasteiger partial charge in [0.05, 0.1) is 5.69 Å². The van der Waals surface area contributed by atoms with E-state index >= 15 is 0 Å². The van der Waals surface area contributed by atoms with E-state index in [4.69, 9.17) is 0 Å². The summed E-state index contributed by atoms with van der Waals surface area (Å²) in [5, 5.41) is 11.6. The van der Waals surface area contributed by atoms with Crippen molar-refractivity contribution < 1.29 is 0 Å². The Morgan fingerprint density at radius 2 is 2.25 bits per heavy atom. The number of hydrogen-bond acceptors (Lipinski definition) is 3. The van der Waals surface area contributed by atoms with Crippen LogP contribution in [0.25, 0.3) is 0 Å². The molecule has 1 aliphatic rings. The fraction of sp³-hybridized carbons (Fsp3) is 0.600. The largest absolute Gasteiger partial charge is 0.297 e. The number of aromatic amines is 1. The highest BCUT2D eigenvalue weighted by Crippen LogP contribution is 2.26. The molecule has 1 atom stereocenters. The van der Waals surface area contributed by atoms with Crippen LogP contribution in [-0.4, -0.2) is 38.0 Å². The van der Waals surface area contributed by atoms with E-state index in [1.54, 1.807) is 0 Å². The summed E-state index contributed by atoms with van der Waals surface area (Å²) >= 11 is 0. The van der Waals surface area contributed by atoms with E-state index in [2.05, 4.69) is 50.9 Å². The first-order valence-corrected chi connectivity index (χ1v) is 7.48. The molecular formula is C15H23N5. The monoisotopic (exact) mass is 273 g/mol. The summed E-state index contributed by atoms with van der Waals surface area (Å²) in [5.41, 5.74) is 2.58. The lowest BCUT2D eigenvalue weighted by molar-refractivity contribution is 0.192. The third-order valence-electron chi connectivity index (χ3n) is 4.09. The highest BCUT2D eigenvalue weighted by Gasteiger charge is 2.23. The number of H-pyrrole nitrogens is 1. The van der Waals surface area contributed by atoms with E-state index in [9.17, 15) is 0 Å². The van der Waals surface area contributed by atoms with Gasteiger partial charge in [-0.25, -0.2) is 0 Å². The predicted octanol–water partition coefficient (Wildman–Crippen LogP) is 2.57. The summed E-state index contributed by atoms with van der Waals surface area (Å²) in [4.78, 5) is 2.53. The molecule has 20 heavy (non-hydrogen) atoms. The smallest absolute Gasteiger partial charge is 0.0527 e. The van der Waals surface area contributed by atoms with Gasteiger partial charge in [-0.2, -0.15) is 10.2 Å². The van der Waals surface area contributed by atoms with Gasteiger partial charge in [0, 0.05) is 43.1 Å². The number of hydrogen-bond donors (Lipinski definition) is 1. The molecule has 108 valence electrons. The van der Waals surface area contributed by atoms with E-state index in [-0.39, 0.29) is 0 Å². The Bertz CT molecular complexity index is 528. The molecule has 0 amide bonds. The first-order valence-electron chi connectivity index (χ1n) is 7.48.